The number of carbonyl (C=O) groups is 1. The van der Waals surface area contributed by atoms with Crippen molar-refractivity contribution >= 4 is 21.6 Å². The number of rotatable bonds is 8. The molecule has 146 valence electrons. The third kappa shape index (κ3) is 5.96. The maximum absolute atomic E-state index is 12.5. The van der Waals surface area contributed by atoms with Gasteiger partial charge in [0.15, 0.2) is 0 Å². The Kier molecular flexibility index (Phi) is 7.43. The van der Waals surface area contributed by atoms with E-state index in [0.717, 1.165) is 51.1 Å². The molecule has 0 aromatic heterocycles. The maximum Gasteiger partial charge on any atom is 0.243 e. The van der Waals surface area contributed by atoms with E-state index in [2.05, 4.69) is 10.2 Å². The molecule has 0 saturated carbocycles. The maximum atomic E-state index is 12.5. The molecule has 7 nitrogen and oxygen atoms in total. The molecule has 1 aromatic rings. The van der Waals surface area contributed by atoms with E-state index in [1.54, 1.807) is 25.1 Å². The molecule has 1 aliphatic rings. The number of aryl methyl sites for hydroxylation is 1. The van der Waals surface area contributed by atoms with Crippen molar-refractivity contribution in [2.24, 2.45) is 0 Å². The van der Waals surface area contributed by atoms with Crippen LogP contribution in [-0.2, 0) is 19.6 Å². The lowest BCUT2D eigenvalue weighted by Crippen LogP contribution is -2.48. The molecule has 1 aromatic carbocycles. The van der Waals surface area contributed by atoms with Gasteiger partial charge in [0.2, 0.25) is 15.9 Å². The topological polar surface area (TPSA) is 79.0 Å². The Morgan fingerprint density at radius 2 is 2.04 bits per heavy atom. The summed E-state index contributed by atoms with van der Waals surface area (Å²) in [5.41, 5.74) is 1.44. The van der Waals surface area contributed by atoms with Crippen molar-refractivity contribution in [3.05, 3.63) is 29.8 Å². The second-order valence-electron chi connectivity index (χ2n) is 6.67. The molecule has 8 heteroatoms. The van der Waals surface area contributed by atoms with Gasteiger partial charge in [-0.25, -0.2) is 8.42 Å². The van der Waals surface area contributed by atoms with Crippen LogP contribution in [0.4, 0.5) is 5.69 Å². The number of nitrogens with zero attached hydrogens (tertiary/aromatic N) is 2. The smallest absolute Gasteiger partial charge is 0.243 e. The zero-order chi connectivity index (χ0) is 19.2. The Bertz CT molecular complexity index is 702. The predicted octanol–water partition coefficient (Wildman–Crippen LogP) is 0.988. The molecular weight excluding hydrogens is 354 g/mol. The van der Waals surface area contributed by atoms with Gasteiger partial charge < -0.3 is 10.1 Å². The third-order valence-corrected chi connectivity index (χ3v) is 5.64. The summed E-state index contributed by atoms with van der Waals surface area (Å²) in [7, 11) is -3.58. The van der Waals surface area contributed by atoms with Crippen LogP contribution >= 0.6 is 0 Å². The van der Waals surface area contributed by atoms with Crippen molar-refractivity contribution in [3.63, 3.8) is 0 Å². The van der Waals surface area contributed by atoms with Crippen LogP contribution in [0.25, 0.3) is 0 Å². The minimum absolute atomic E-state index is 0.293. The molecule has 0 spiro atoms. The minimum Gasteiger partial charge on any atom is -0.379 e. The second-order valence-corrected chi connectivity index (χ2v) is 8.53. The first kappa shape index (κ1) is 20.7. The zero-order valence-corrected chi connectivity index (χ0v) is 16.6. The van der Waals surface area contributed by atoms with Crippen molar-refractivity contribution in [3.8, 4) is 0 Å². The fourth-order valence-corrected chi connectivity index (χ4v) is 4.23. The number of hydrogen-bond acceptors (Lipinski definition) is 5. The number of ether oxygens (including phenoxy) is 1. The summed E-state index contributed by atoms with van der Waals surface area (Å²) < 4.78 is 31.0. The molecule has 1 heterocycles. The van der Waals surface area contributed by atoms with Crippen molar-refractivity contribution in [2.75, 3.05) is 50.0 Å². The minimum atomic E-state index is -3.58. The van der Waals surface area contributed by atoms with Gasteiger partial charge in [-0.2, -0.15) is 0 Å². The first-order valence-electron chi connectivity index (χ1n) is 8.93. The molecule has 0 aliphatic carbocycles. The summed E-state index contributed by atoms with van der Waals surface area (Å²) in [6.45, 7) is 8.25. The van der Waals surface area contributed by atoms with Crippen LogP contribution in [0.15, 0.2) is 24.3 Å². The zero-order valence-electron chi connectivity index (χ0n) is 15.8. The number of amides is 1. The van der Waals surface area contributed by atoms with Gasteiger partial charge in [0.05, 0.1) is 25.2 Å². The highest BCUT2D eigenvalue weighted by molar-refractivity contribution is 7.92. The molecular formula is C18H29N3O4S. The average molecular weight is 384 g/mol. The summed E-state index contributed by atoms with van der Waals surface area (Å²) >= 11 is 0. The van der Waals surface area contributed by atoms with E-state index >= 15 is 0 Å². The summed E-state index contributed by atoms with van der Waals surface area (Å²) in [5, 5.41) is 2.86. The van der Waals surface area contributed by atoms with Gasteiger partial charge in [-0.1, -0.05) is 12.1 Å². The number of carbonyl (C=O) groups excluding carboxylic acids is 1. The van der Waals surface area contributed by atoms with Crippen LogP contribution in [-0.4, -0.2) is 70.9 Å². The number of morpholine rings is 1. The fraction of sp³-hybridized carbons (Fsp3) is 0.611. The highest BCUT2D eigenvalue weighted by Crippen LogP contribution is 2.21. The fourth-order valence-electron chi connectivity index (χ4n) is 3.06. The van der Waals surface area contributed by atoms with E-state index in [-0.39, 0.29) is 5.91 Å². The Hall–Kier alpha value is -1.64. The Morgan fingerprint density at radius 1 is 1.35 bits per heavy atom. The summed E-state index contributed by atoms with van der Waals surface area (Å²) in [4.78, 5) is 14.8. The van der Waals surface area contributed by atoms with E-state index < -0.39 is 16.1 Å². The van der Waals surface area contributed by atoms with Crippen LogP contribution in [0.2, 0.25) is 0 Å². The van der Waals surface area contributed by atoms with Crippen molar-refractivity contribution in [2.45, 2.75) is 26.3 Å². The van der Waals surface area contributed by atoms with Crippen molar-refractivity contribution in [1.82, 2.24) is 10.2 Å². The molecule has 1 atom stereocenters. The number of benzene rings is 1. The van der Waals surface area contributed by atoms with E-state index in [1.807, 2.05) is 13.0 Å². The number of nitrogens with one attached hydrogen (secondary N) is 1. The number of anilines is 1. The van der Waals surface area contributed by atoms with Crippen LogP contribution in [0, 0.1) is 6.92 Å². The Morgan fingerprint density at radius 3 is 2.65 bits per heavy atom. The van der Waals surface area contributed by atoms with Gasteiger partial charge in [-0.3, -0.25) is 14.0 Å². The van der Waals surface area contributed by atoms with E-state index in [9.17, 15) is 13.2 Å². The monoisotopic (exact) mass is 383 g/mol. The predicted molar refractivity (Wildman–Crippen MR) is 103 cm³/mol. The van der Waals surface area contributed by atoms with Gasteiger partial charge in [-0.15, -0.1) is 0 Å². The van der Waals surface area contributed by atoms with Crippen LogP contribution < -0.4 is 9.62 Å². The normalized spacial score (nSPS) is 16.9. The average Bonchev–Trinajstić information content (AvgIpc) is 2.58. The molecule has 1 fully saturated rings. The molecule has 26 heavy (non-hydrogen) atoms. The third-order valence-electron chi connectivity index (χ3n) is 4.40. The van der Waals surface area contributed by atoms with Crippen LogP contribution in [0.1, 0.15) is 18.9 Å². The van der Waals surface area contributed by atoms with Crippen LogP contribution in [0.3, 0.4) is 0 Å². The molecule has 1 N–H and O–H groups in total. The summed E-state index contributed by atoms with van der Waals surface area (Å²) in [6, 6.07) is 6.34. The largest absolute Gasteiger partial charge is 0.379 e. The first-order chi connectivity index (χ1) is 12.3. The van der Waals surface area contributed by atoms with E-state index in [0.29, 0.717) is 12.2 Å². The van der Waals surface area contributed by atoms with E-state index in [4.69, 9.17) is 4.74 Å². The SMILES string of the molecule is Cc1cccc(N([C@@H](C)C(=O)NCCCN2CCOCC2)S(C)(=O)=O)c1. The lowest BCUT2D eigenvalue weighted by atomic mass is 10.2. The van der Waals surface area contributed by atoms with Gasteiger partial charge in [0.1, 0.15) is 6.04 Å². The van der Waals surface area contributed by atoms with Gasteiger partial charge >= 0.3 is 0 Å². The summed E-state index contributed by atoms with van der Waals surface area (Å²) in [6.07, 6.45) is 1.94. The van der Waals surface area contributed by atoms with Crippen molar-refractivity contribution < 1.29 is 17.9 Å². The molecule has 0 radical (unpaired) electrons. The highest BCUT2D eigenvalue weighted by Gasteiger charge is 2.28. The van der Waals surface area contributed by atoms with Gasteiger partial charge in [0.25, 0.3) is 0 Å². The highest BCUT2D eigenvalue weighted by atomic mass is 32.2. The molecule has 2 rings (SSSR count). The molecule has 0 unspecified atom stereocenters. The molecule has 1 saturated heterocycles. The van der Waals surface area contributed by atoms with Gasteiger partial charge in [0, 0.05) is 19.6 Å². The molecule has 1 aliphatic heterocycles. The Balaban J connectivity index is 1.92. The lowest BCUT2D eigenvalue weighted by molar-refractivity contribution is -0.121. The first-order valence-corrected chi connectivity index (χ1v) is 10.8. The number of hydrogen-bond donors (Lipinski definition) is 1. The van der Waals surface area contributed by atoms with E-state index in [1.165, 1.54) is 4.31 Å². The number of sulfonamides is 1. The standard InChI is InChI=1S/C18H29N3O4S/c1-15-6-4-7-17(14-15)21(26(3,23)24)16(2)18(22)19-8-5-9-20-10-12-25-13-11-20/h4,6-7,14,16H,5,8-13H2,1-3H3,(H,19,22)/t16-/m0/s1. The van der Waals surface area contributed by atoms with Crippen LogP contribution in [0.5, 0.6) is 0 Å². The second kappa shape index (κ2) is 9.34. The lowest BCUT2D eigenvalue weighted by Gasteiger charge is -2.29. The van der Waals surface area contributed by atoms with Crippen molar-refractivity contribution in [1.29, 1.82) is 0 Å². The summed E-state index contributed by atoms with van der Waals surface area (Å²) in [5.74, 6) is -0.293. The van der Waals surface area contributed by atoms with Gasteiger partial charge in [-0.05, 0) is 44.5 Å². The molecule has 0 bridgehead atoms. The molecule has 1 amide bonds. The Labute approximate surface area is 156 Å². The quantitative estimate of drug-likeness (QED) is 0.677.